The van der Waals surface area contributed by atoms with Crippen molar-refractivity contribution >= 4 is 19.8 Å². The van der Waals surface area contributed by atoms with Gasteiger partial charge >= 0.3 is 19.8 Å². The second-order valence-corrected chi connectivity index (χ2v) is 26.2. The van der Waals surface area contributed by atoms with Crippen molar-refractivity contribution in [2.75, 3.05) is 26.4 Å². The van der Waals surface area contributed by atoms with Crippen LogP contribution in [0.1, 0.15) is 361 Å². The summed E-state index contributed by atoms with van der Waals surface area (Å²) in [6.45, 7) is 3.69. The van der Waals surface area contributed by atoms with Crippen LogP contribution >= 0.6 is 7.82 Å². The molecule has 3 N–H and O–H groups in total. The topological polar surface area (TPSA) is 134 Å². The number of allylic oxidation sites excluding steroid dienone is 14. The number of rotatable bonds is 70. The summed E-state index contributed by atoms with van der Waals surface area (Å²) < 4.78 is 33.2. The third-order valence-corrected chi connectivity index (χ3v) is 17.2. The summed E-state index contributed by atoms with van der Waals surface area (Å²) in [6.07, 6.45) is 97.0. The molecule has 0 fully saturated rings. The molecule has 0 heterocycles. The summed E-state index contributed by atoms with van der Waals surface area (Å²) in [7, 11) is -4.39. The van der Waals surface area contributed by atoms with Gasteiger partial charge in [0, 0.05) is 19.4 Å². The van der Waals surface area contributed by atoms with E-state index in [2.05, 4.69) is 98.9 Å². The van der Waals surface area contributed by atoms with E-state index in [1.807, 2.05) is 0 Å². The molecule has 0 aromatic rings. The minimum Gasteiger partial charge on any atom is -0.462 e. The Hall–Kier alpha value is -2.81. The van der Waals surface area contributed by atoms with E-state index in [9.17, 15) is 19.0 Å². The first kappa shape index (κ1) is 84.2. The highest BCUT2D eigenvalue weighted by molar-refractivity contribution is 7.47. The van der Waals surface area contributed by atoms with Crippen molar-refractivity contribution in [3.05, 3.63) is 85.1 Å². The molecule has 2 atom stereocenters. The van der Waals surface area contributed by atoms with Crippen molar-refractivity contribution in [2.45, 2.75) is 367 Å². The first-order valence-electron chi connectivity index (χ1n) is 37.1. The van der Waals surface area contributed by atoms with Gasteiger partial charge in [0.2, 0.25) is 0 Å². The number of phosphoric ester groups is 1. The monoisotopic (exact) mass is 1240 g/mol. The van der Waals surface area contributed by atoms with Crippen LogP contribution in [0.3, 0.4) is 0 Å². The molecule has 0 radical (unpaired) electrons. The van der Waals surface area contributed by atoms with Crippen LogP contribution in [0.4, 0.5) is 0 Å². The maximum atomic E-state index is 12.8. The van der Waals surface area contributed by atoms with E-state index in [1.54, 1.807) is 0 Å². The number of carbonyl (C=O) groups excluding carboxylic acids is 2. The van der Waals surface area contributed by atoms with Gasteiger partial charge in [-0.1, -0.05) is 343 Å². The van der Waals surface area contributed by atoms with Gasteiger partial charge in [0.1, 0.15) is 6.61 Å². The van der Waals surface area contributed by atoms with Gasteiger partial charge in [0.05, 0.1) is 13.2 Å². The Morgan fingerprint density at radius 2 is 0.632 bits per heavy atom. The second kappa shape index (κ2) is 72.3. The SMILES string of the molecule is CC/C=C\C/C=C\C/C=C\C/C=C\C/C=C\C/C=C\CCCCCCCCCCCCCCCCCCCCCCC(=O)OC(COC(=O)CCCCCCCCCCCCCCCCC/C=C\CCCCCCCCCC)COP(=O)(O)OCCN. The minimum absolute atomic E-state index is 0.0538. The minimum atomic E-state index is -4.39. The fourth-order valence-corrected chi connectivity index (χ4v) is 11.6. The molecule has 506 valence electrons. The molecule has 10 heteroatoms. The zero-order valence-corrected chi connectivity index (χ0v) is 57.9. The first-order valence-corrected chi connectivity index (χ1v) is 38.6. The molecule has 0 aliphatic rings. The van der Waals surface area contributed by atoms with Crippen LogP contribution < -0.4 is 5.73 Å². The van der Waals surface area contributed by atoms with Crippen molar-refractivity contribution in [1.82, 2.24) is 0 Å². The molecule has 0 saturated heterocycles. The number of esters is 2. The highest BCUT2D eigenvalue weighted by atomic mass is 31.2. The number of hydrogen-bond donors (Lipinski definition) is 2. The maximum Gasteiger partial charge on any atom is 0.472 e. The number of unbranched alkanes of at least 4 members (excludes halogenated alkanes) is 43. The number of ether oxygens (including phenoxy) is 2. The van der Waals surface area contributed by atoms with E-state index < -0.39 is 26.5 Å². The molecule has 0 aromatic carbocycles. The number of nitrogens with two attached hydrogens (primary N) is 1. The summed E-state index contributed by atoms with van der Waals surface area (Å²) in [6, 6.07) is 0. The van der Waals surface area contributed by atoms with Crippen molar-refractivity contribution in [3.63, 3.8) is 0 Å². The summed E-state index contributed by atoms with van der Waals surface area (Å²) in [5, 5.41) is 0. The summed E-state index contributed by atoms with van der Waals surface area (Å²) in [5.41, 5.74) is 5.41. The van der Waals surface area contributed by atoms with Crippen molar-refractivity contribution in [3.8, 4) is 0 Å². The smallest absolute Gasteiger partial charge is 0.462 e. The quantitative estimate of drug-likeness (QED) is 0.0264. The lowest BCUT2D eigenvalue weighted by molar-refractivity contribution is -0.161. The van der Waals surface area contributed by atoms with Gasteiger partial charge in [0.15, 0.2) is 6.10 Å². The lowest BCUT2D eigenvalue weighted by Gasteiger charge is -2.19. The van der Waals surface area contributed by atoms with E-state index in [0.717, 1.165) is 70.6 Å². The molecule has 0 bridgehead atoms. The van der Waals surface area contributed by atoms with Crippen LogP contribution in [0.25, 0.3) is 0 Å². The summed E-state index contributed by atoms with van der Waals surface area (Å²) >= 11 is 0. The third kappa shape index (κ3) is 72.1. The van der Waals surface area contributed by atoms with E-state index in [0.29, 0.717) is 6.42 Å². The zero-order chi connectivity index (χ0) is 63.0. The molecule has 0 amide bonds. The average Bonchev–Trinajstić information content (AvgIpc) is 3.64. The van der Waals surface area contributed by atoms with E-state index >= 15 is 0 Å². The Bertz CT molecular complexity index is 1700. The summed E-state index contributed by atoms with van der Waals surface area (Å²) in [5.74, 6) is -0.810. The fraction of sp³-hybridized carbons (Fsp3) is 0.792. The Labute approximate surface area is 538 Å². The largest absolute Gasteiger partial charge is 0.472 e. The van der Waals surface area contributed by atoms with E-state index in [-0.39, 0.29) is 38.6 Å². The molecule has 2 unspecified atom stereocenters. The van der Waals surface area contributed by atoms with E-state index in [4.69, 9.17) is 24.3 Å². The van der Waals surface area contributed by atoms with E-state index in [1.165, 1.54) is 257 Å². The molecule has 9 nitrogen and oxygen atoms in total. The standard InChI is InChI=1S/C77H140NO8P/c1-3-5-7-9-11-13-15-17-19-21-23-25-27-29-31-32-33-34-35-36-37-38-39-40-41-42-44-46-48-50-52-54-56-58-60-62-64-66-68-70-77(80)86-75(74-85-87(81,82)84-72-71-78)73-83-76(79)69-67-65-63-61-59-57-55-53-51-49-47-45-43-30-28-26-24-22-20-18-16-14-12-10-8-6-4-2/h5,7,11,13,17,19,22-25,29,31,33-34,75H,3-4,6,8-10,12,14-16,18,20-21,26-28,30,32,35-74,78H2,1-2H3,(H,81,82)/b7-5-,13-11-,19-17-,24-22-,25-23-,31-29-,34-33-. The third-order valence-electron chi connectivity index (χ3n) is 16.3. The Balaban J connectivity index is 3.81. The second-order valence-electron chi connectivity index (χ2n) is 24.8. The summed E-state index contributed by atoms with van der Waals surface area (Å²) in [4.78, 5) is 35.4. The molecule has 0 aliphatic carbocycles. The van der Waals surface area contributed by atoms with Gasteiger partial charge in [-0.2, -0.15) is 0 Å². The average molecular weight is 1240 g/mol. The van der Waals surface area contributed by atoms with Gasteiger partial charge in [-0.05, 0) is 89.9 Å². The van der Waals surface area contributed by atoms with Gasteiger partial charge in [-0.25, -0.2) is 4.57 Å². The van der Waals surface area contributed by atoms with Crippen LogP contribution in [0.15, 0.2) is 85.1 Å². The van der Waals surface area contributed by atoms with Gasteiger partial charge in [-0.3, -0.25) is 18.6 Å². The van der Waals surface area contributed by atoms with Crippen LogP contribution in [-0.4, -0.2) is 49.3 Å². The highest BCUT2D eigenvalue weighted by Gasteiger charge is 2.26. The van der Waals surface area contributed by atoms with Crippen LogP contribution in [-0.2, 0) is 32.7 Å². The maximum absolute atomic E-state index is 12.8. The Morgan fingerprint density at radius 1 is 0.356 bits per heavy atom. The molecule has 0 spiro atoms. The first-order chi connectivity index (χ1) is 42.8. The highest BCUT2D eigenvalue weighted by Crippen LogP contribution is 2.43. The number of hydrogen-bond acceptors (Lipinski definition) is 8. The molecular formula is C77H140NO8P. The predicted octanol–water partition coefficient (Wildman–Crippen LogP) is 24.5. The number of phosphoric acid groups is 1. The molecule has 0 saturated carbocycles. The zero-order valence-electron chi connectivity index (χ0n) is 57.0. The fourth-order valence-electron chi connectivity index (χ4n) is 10.8. The molecular weight excluding hydrogens is 1100 g/mol. The van der Waals surface area contributed by atoms with Gasteiger partial charge < -0.3 is 20.1 Å². The molecule has 87 heavy (non-hydrogen) atoms. The molecule has 0 aliphatic heterocycles. The van der Waals surface area contributed by atoms with Crippen molar-refractivity contribution in [2.24, 2.45) is 5.73 Å². The van der Waals surface area contributed by atoms with Gasteiger partial charge in [0.25, 0.3) is 0 Å². The number of carbonyl (C=O) groups is 2. The normalized spacial score (nSPS) is 13.4. The van der Waals surface area contributed by atoms with Crippen molar-refractivity contribution < 1.29 is 37.6 Å². The van der Waals surface area contributed by atoms with Crippen molar-refractivity contribution in [1.29, 1.82) is 0 Å². The Morgan fingerprint density at radius 3 is 0.954 bits per heavy atom. The lowest BCUT2D eigenvalue weighted by atomic mass is 10.0. The molecule has 0 aromatic heterocycles. The lowest BCUT2D eigenvalue weighted by Crippen LogP contribution is -2.29. The molecule has 0 rings (SSSR count). The van der Waals surface area contributed by atoms with Gasteiger partial charge in [-0.15, -0.1) is 0 Å². The predicted molar refractivity (Wildman–Crippen MR) is 376 cm³/mol. The Kier molecular flexibility index (Phi) is 69.9. The van der Waals surface area contributed by atoms with Crippen LogP contribution in [0.2, 0.25) is 0 Å². The van der Waals surface area contributed by atoms with Crippen LogP contribution in [0.5, 0.6) is 0 Å². The van der Waals surface area contributed by atoms with Crippen LogP contribution in [0, 0.1) is 0 Å².